The first-order valence-electron chi connectivity index (χ1n) is 8.19. The van der Waals surface area contributed by atoms with Gasteiger partial charge in [-0.05, 0) is 29.5 Å². The number of halogens is 1. The van der Waals surface area contributed by atoms with Gasteiger partial charge < -0.3 is 4.90 Å². The molecule has 0 saturated carbocycles. The Kier molecular flexibility index (Phi) is 5.25. The highest BCUT2D eigenvalue weighted by molar-refractivity contribution is 7.99. The van der Waals surface area contributed by atoms with Crippen LogP contribution < -0.4 is 4.90 Å². The van der Waals surface area contributed by atoms with Crippen LogP contribution >= 0.6 is 46.5 Å². The van der Waals surface area contributed by atoms with Crippen LogP contribution in [0.25, 0.3) is 10.2 Å². The lowest BCUT2D eigenvalue weighted by Crippen LogP contribution is -3.08. The van der Waals surface area contributed by atoms with Crippen LogP contribution in [0.3, 0.4) is 0 Å². The summed E-state index contributed by atoms with van der Waals surface area (Å²) in [5, 5.41) is 4.07. The van der Waals surface area contributed by atoms with Crippen molar-refractivity contribution in [3.63, 3.8) is 0 Å². The molecule has 0 spiro atoms. The number of benzene rings is 1. The Hall–Kier alpha value is -0.790. The molecule has 0 radical (unpaired) electrons. The fraction of sp³-hybridized carbons (Fsp3) is 0.333. The lowest BCUT2D eigenvalue weighted by molar-refractivity contribution is -0.895. The second-order valence-electron chi connectivity index (χ2n) is 6.25. The third kappa shape index (κ3) is 3.69. The van der Waals surface area contributed by atoms with Gasteiger partial charge in [0.05, 0.1) is 18.5 Å². The molecular formula is C18H19ClN3S3+. The average Bonchev–Trinajstić information content (AvgIpc) is 2.98. The molecule has 0 aliphatic carbocycles. The molecular weight excluding hydrogens is 390 g/mol. The molecule has 7 heteroatoms. The van der Waals surface area contributed by atoms with E-state index in [9.17, 15) is 0 Å². The maximum Gasteiger partial charge on any atom is 0.189 e. The molecule has 3 heterocycles. The molecule has 0 amide bonds. The molecule has 0 fully saturated rings. The van der Waals surface area contributed by atoms with Gasteiger partial charge >= 0.3 is 0 Å². The van der Waals surface area contributed by atoms with Crippen LogP contribution in [0.15, 0.2) is 34.4 Å². The Bertz CT molecular complexity index is 908. The van der Waals surface area contributed by atoms with Gasteiger partial charge in [0.1, 0.15) is 16.4 Å². The van der Waals surface area contributed by atoms with Gasteiger partial charge in [-0.1, -0.05) is 35.5 Å². The van der Waals surface area contributed by atoms with E-state index in [0.29, 0.717) is 0 Å². The van der Waals surface area contributed by atoms with Crippen molar-refractivity contribution in [2.24, 2.45) is 0 Å². The van der Waals surface area contributed by atoms with Crippen molar-refractivity contribution in [1.82, 2.24) is 9.97 Å². The van der Waals surface area contributed by atoms with Crippen molar-refractivity contribution >= 4 is 56.7 Å². The third-order valence-corrected chi connectivity index (χ3v) is 7.39. The second-order valence-corrected chi connectivity index (χ2v) is 9.51. The molecule has 2 aromatic heterocycles. The van der Waals surface area contributed by atoms with E-state index in [4.69, 9.17) is 21.6 Å². The van der Waals surface area contributed by atoms with Crippen molar-refractivity contribution in [2.75, 3.05) is 19.8 Å². The summed E-state index contributed by atoms with van der Waals surface area (Å²) in [4.78, 5) is 13.8. The minimum atomic E-state index is 0.779. The summed E-state index contributed by atoms with van der Waals surface area (Å²) in [5.41, 5.74) is 2.75. The van der Waals surface area contributed by atoms with E-state index in [0.717, 1.165) is 38.8 Å². The molecule has 3 aromatic rings. The van der Waals surface area contributed by atoms with Gasteiger partial charge in [-0.2, -0.15) is 0 Å². The molecule has 0 saturated heterocycles. The van der Waals surface area contributed by atoms with Crippen molar-refractivity contribution in [3.05, 3.63) is 45.3 Å². The summed E-state index contributed by atoms with van der Waals surface area (Å²) >= 11 is 11.3. The Morgan fingerprint density at radius 3 is 2.80 bits per heavy atom. The van der Waals surface area contributed by atoms with Crippen LogP contribution in [0.4, 0.5) is 0 Å². The van der Waals surface area contributed by atoms with Gasteiger partial charge in [0, 0.05) is 22.6 Å². The predicted octanol–water partition coefficient (Wildman–Crippen LogP) is 3.93. The van der Waals surface area contributed by atoms with Crippen molar-refractivity contribution in [3.8, 4) is 0 Å². The Labute approximate surface area is 165 Å². The highest BCUT2D eigenvalue weighted by Crippen LogP contribution is 2.38. The van der Waals surface area contributed by atoms with E-state index in [1.165, 1.54) is 27.9 Å². The first-order chi connectivity index (χ1) is 12.1. The third-order valence-electron chi connectivity index (χ3n) is 4.42. The van der Waals surface area contributed by atoms with E-state index in [2.05, 4.69) is 19.2 Å². The number of thioether (sulfide) groups is 2. The summed E-state index contributed by atoms with van der Waals surface area (Å²) in [7, 11) is 2.27. The second kappa shape index (κ2) is 7.45. The van der Waals surface area contributed by atoms with E-state index in [-0.39, 0.29) is 0 Å². The highest BCUT2D eigenvalue weighted by atomic mass is 35.5. The molecule has 1 aliphatic rings. The topological polar surface area (TPSA) is 30.2 Å². The molecule has 4 rings (SSSR count). The quantitative estimate of drug-likeness (QED) is 0.402. The minimum absolute atomic E-state index is 0.779. The molecule has 0 bridgehead atoms. The minimum Gasteiger partial charge on any atom is -0.333 e. The number of fused-ring (bicyclic) bond motifs is 3. The van der Waals surface area contributed by atoms with E-state index in [1.54, 1.807) is 16.7 Å². The zero-order valence-electron chi connectivity index (χ0n) is 14.1. The van der Waals surface area contributed by atoms with Crippen LogP contribution in [0.1, 0.15) is 16.0 Å². The Morgan fingerprint density at radius 1 is 1.24 bits per heavy atom. The monoisotopic (exact) mass is 408 g/mol. The number of quaternary nitrogens is 1. The fourth-order valence-electron chi connectivity index (χ4n) is 3.09. The van der Waals surface area contributed by atoms with Crippen molar-refractivity contribution < 1.29 is 4.90 Å². The number of nitrogens with zero attached hydrogens (tertiary/aromatic N) is 2. The lowest BCUT2D eigenvalue weighted by Gasteiger charge is -2.19. The number of hydrogen-bond donors (Lipinski definition) is 1. The predicted molar refractivity (Wildman–Crippen MR) is 109 cm³/mol. The summed E-state index contributed by atoms with van der Waals surface area (Å²) in [5.74, 6) is 0.896. The summed E-state index contributed by atoms with van der Waals surface area (Å²) < 4.78 is 0. The molecule has 1 N–H and O–H groups in total. The van der Waals surface area contributed by atoms with Crippen LogP contribution in [-0.2, 0) is 18.7 Å². The zero-order valence-corrected chi connectivity index (χ0v) is 17.3. The van der Waals surface area contributed by atoms with Crippen molar-refractivity contribution in [1.29, 1.82) is 0 Å². The van der Waals surface area contributed by atoms with Crippen LogP contribution in [0, 0.1) is 0 Å². The maximum atomic E-state index is 5.99. The number of thiophene rings is 1. The van der Waals surface area contributed by atoms with E-state index in [1.807, 2.05) is 41.5 Å². The SMILES string of the molecule is CSc1nc(SCc2ccc(Cl)cc2)c2c3c(sc2n1)C[NH+](C)CC3. The first-order valence-corrected chi connectivity index (χ1v) is 11.6. The Balaban J connectivity index is 1.72. The average molecular weight is 409 g/mol. The highest BCUT2D eigenvalue weighted by Gasteiger charge is 2.25. The summed E-state index contributed by atoms with van der Waals surface area (Å²) in [6.07, 6.45) is 3.16. The zero-order chi connectivity index (χ0) is 17.4. The van der Waals surface area contributed by atoms with Gasteiger partial charge in [-0.25, -0.2) is 9.97 Å². The Morgan fingerprint density at radius 2 is 2.04 bits per heavy atom. The van der Waals surface area contributed by atoms with Gasteiger partial charge in [0.25, 0.3) is 0 Å². The molecule has 1 atom stereocenters. The van der Waals surface area contributed by atoms with Gasteiger partial charge in [-0.3, -0.25) is 0 Å². The van der Waals surface area contributed by atoms with Gasteiger partial charge in [-0.15, -0.1) is 23.1 Å². The molecule has 25 heavy (non-hydrogen) atoms. The number of rotatable bonds is 4. The van der Waals surface area contributed by atoms with Crippen LogP contribution in [-0.4, -0.2) is 29.8 Å². The maximum absolute atomic E-state index is 5.99. The van der Waals surface area contributed by atoms with Crippen LogP contribution in [0.5, 0.6) is 0 Å². The molecule has 1 aromatic carbocycles. The smallest absolute Gasteiger partial charge is 0.189 e. The number of hydrogen-bond acceptors (Lipinski definition) is 5. The van der Waals surface area contributed by atoms with Gasteiger partial charge in [0.2, 0.25) is 0 Å². The standard InChI is InChI=1S/C18H18ClN3S3/c1-22-8-7-13-14(9-22)25-17-15(13)16(20-18(21-17)23-2)24-10-11-3-5-12(19)6-4-11/h3-6H,7-10H2,1-2H3/p+1. The number of aromatic nitrogens is 2. The number of likely N-dealkylation sites (N-methyl/N-ethyl adjacent to an activating group) is 1. The first kappa shape index (κ1) is 17.6. The molecule has 1 aliphatic heterocycles. The fourth-order valence-corrected chi connectivity index (χ4v) is 6.10. The molecule has 3 nitrogen and oxygen atoms in total. The van der Waals surface area contributed by atoms with Gasteiger partial charge in [0.15, 0.2) is 5.16 Å². The lowest BCUT2D eigenvalue weighted by atomic mass is 10.1. The van der Waals surface area contributed by atoms with Crippen molar-refractivity contribution in [2.45, 2.75) is 28.9 Å². The summed E-state index contributed by atoms with van der Waals surface area (Å²) in [6, 6.07) is 8.08. The molecule has 1 unspecified atom stereocenters. The largest absolute Gasteiger partial charge is 0.333 e. The van der Waals surface area contributed by atoms with E-state index < -0.39 is 0 Å². The summed E-state index contributed by atoms with van der Waals surface area (Å²) in [6.45, 7) is 2.29. The normalized spacial score (nSPS) is 17.0. The van der Waals surface area contributed by atoms with E-state index >= 15 is 0 Å². The molecule has 130 valence electrons. The van der Waals surface area contributed by atoms with Crippen LogP contribution in [0.2, 0.25) is 5.02 Å². The number of nitrogens with one attached hydrogen (secondary N) is 1.